The molecule has 4 aromatic rings. The number of imidazole rings is 1. The van der Waals surface area contributed by atoms with E-state index in [1.54, 1.807) is 25.4 Å². The largest absolute Gasteiger partial charge is 0.497 e. The minimum atomic E-state index is -0.304. The smallest absolute Gasteiger partial charge is 0.315 e. The Morgan fingerprint density at radius 1 is 1.12 bits per heavy atom. The van der Waals surface area contributed by atoms with E-state index < -0.39 is 0 Å². The molecule has 2 N–H and O–H groups in total. The summed E-state index contributed by atoms with van der Waals surface area (Å²) in [6, 6.07) is 17.1. The van der Waals surface area contributed by atoms with Crippen LogP contribution in [0.3, 0.4) is 0 Å². The number of halogens is 1. The molecule has 164 valence electrons. The molecule has 7 nitrogen and oxygen atoms in total. The first kappa shape index (κ1) is 21.3. The lowest BCUT2D eigenvalue weighted by atomic mass is 10.1. The molecule has 0 aliphatic carbocycles. The predicted molar refractivity (Wildman–Crippen MR) is 120 cm³/mol. The molecular formula is C24H24FN5O2. The molecule has 0 saturated carbocycles. The van der Waals surface area contributed by atoms with Gasteiger partial charge in [0.15, 0.2) is 5.65 Å². The lowest BCUT2D eigenvalue weighted by Crippen LogP contribution is -2.37. The number of nitrogens with one attached hydrogen (secondary N) is 2. The van der Waals surface area contributed by atoms with E-state index in [2.05, 4.69) is 20.6 Å². The number of methoxy groups -OCH3 is 1. The fourth-order valence-corrected chi connectivity index (χ4v) is 3.46. The van der Waals surface area contributed by atoms with Crippen LogP contribution in [-0.4, -0.2) is 27.7 Å². The van der Waals surface area contributed by atoms with Crippen molar-refractivity contribution in [2.45, 2.75) is 26.1 Å². The third-order valence-corrected chi connectivity index (χ3v) is 5.21. The standard InChI is InChI=1S/C24H24FN5O2/c1-16(18-7-11-20(32-2)12-8-18)28-24(31)27-14-22-29-21-4-3-13-26-23(21)30(22)15-17-5-9-19(25)10-6-17/h3-13,16H,14-15H2,1-2H3,(H2,27,28,31)/t16-/m0/s1. The number of pyridine rings is 1. The Bertz CT molecular complexity index is 1210. The Hall–Kier alpha value is -3.94. The number of hydrogen-bond acceptors (Lipinski definition) is 4. The predicted octanol–water partition coefficient (Wildman–Crippen LogP) is 4.19. The Kier molecular flexibility index (Phi) is 6.30. The molecular weight excluding hydrogens is 409 g/mol. The van der Waals surface area contributed by atoms with Crippen molar-refractivity contribution in [3.05, 3.63) is 89.6 Å². The summed E-state index contributed by atoms with van der Waals surface area (Å²) in [5, 5.41) is 5.80. The van der Waals surface area contributed by atoms with E-state index in [4.69, 9.17) is 4.74 Å². The van der Waals surface area contributed by atoms with Gasteiger partial charge in [-0.3, -0.25) is 0 Å². The van der Waals surface area contributed by atoms with Crippen LogP contribution in [0.2, 0.25) is 0 Å². The van der Waals surface area contributed by atoms with Gasteiger partial charge in [-0.15, -0.1) is 0 Å². The lowest BCUT2D eigenvalue weighted by Gasteiger charge is -2.16. The van der Waals surface area contributed by atoms with Gasteiger partial charge in [-0.1, -0.05) is 24.3 Å². The lowest BCUT2D eigenvalue weighted by molar-refractivity contribution is 0.237. The van der Waals surface area contributed by atoms with E-state index in [9.17, 15) is 9.18 Å². The maximum absolute atomic E-state index is 13.3. The quantitative estimate of drug-likeness (QED) is 0.458. The number of carbonyl (C=O) groups excluding carboxylic acids is 1. The topological polar surface area (TPSA) is 81.1 Å². The summed E-state index contributed by atoms with van der Waals surface area (Å²) in [5.74, 6) is 1.14. The van der Waals surface area contributed by atoms with Crippen LogP contribution in [0.25, 0.3) is 11.2 Å². The molecule has 2 aromatic carbocycles. The van der Waals surface area contributed by atoms with Crippen molar-refractivity contribution >= 4 is 17.2 Å². The van der Waals surface area contributed by atoms with Gasteiger partial charge in [0.1, 0.15) is 22.9 Å². The normalized spacial score (nSPS) is 11.8. The summed E-state index contributed by atoms with van der Waals surface area (Å²) in [5.41, 5.74) is 3.32. The molecule has 0 fully saturated rings. The third-order valence-electron chi connectivity index (χ3n) is 5.21. The van der Waals surface area contributed by atoms with Gasteiger partial charge < -0.3 is 19.9 Å². The number of aromatic nitrogens is 3. The molecule has 8 heteroatoms. The van der Waals surface area contributed by atoms with Crippen LogP contribution < -0.4 is 15.4 Å². The number of amides is 2. The molecule has 0 aliphatic rings. The fourth-order valence-electron chi connectivity index (χ4n) is 3.46. The molecule has 2 heterocycles. The van der Waals surface area contributed by atoms with Crippen molar-refractivity contribution in [1.29, 1.82) is 0 Å². The second-order valence-corrected chi connectivity index (χ2v) is 7.41. The first-order chi connectivity index (χ1) is 15.5. The fraction of sp³-hybridized carbons (Fsp3) is 0.208. The van der Waals surface area contributed by atoms with Crippen LogP contribution in [0.5, 0.6) is 5.75 Å². The highest BCUT2D eigenvalue weighted by molar-refractivity contribution is 5.75. The summed E-state index contributed by atoms with van der Waals surface area (Å²) in [7, 11) is 1.61. The number of fused-ring (bicyclic) bond motifs is 1. The SMILES string of the molecule is COc1ccc([C@H](C)NC(=O)NCc2nc3cccnc3n2Cc2ccc(F)cc2)cc1. The zero-order valence-electron chi connectivity index (χ0n) is 17.9. The molecule has 0 saturated heterocycles. The summed E-state index contributed by atoms with van der Waals surface area (Å²) >= 11 is 0. The monoisotopic (exact) mass is 433 g/mol. The minimum absolute atomic E-state index is 0.180. The highest BCUT2D eigenvalue weighted by Crippen LogP contribution is 2.18. The Labute approximate surface area is 185 Å². The summed E-state index contributed by atoms with van der Waals surface area (Å²) in [4.78, 5) is 21.6. The van der Waals surface area contributed by atoms with Crippen LogP contribution in [0.1, 0.15) is 29.9 Å². The Morgan fingerprint density at radius 3 is 2.59 bits per heavy atom. The Balaban J connectivity index is 1.46. The molecule has 0 spiro atoms. The molecule has 2 amide bonds. The van der Waals surface area contributed by atoms with Gasteiger partial charge in [-0.05, 0) is 54.4 Å². The van der Waals surface area contributed by atoms with E-state index in [0.717, 1.165) is 22.4 Å². The number of urea groups is 1. The molecule has 4 rings (SSSR count). The molecule has 1 atom stereocenters. The molecule has 0 aliphatic heterocycles. The van der Waals surface area contributed by atoms with Crippen molar-refractivity contribution in [1.82, 2.24) is 25.2 Å². The Morgan fingerprint density at radius 2 is 1.88 bits per heavy atom. The minimum Gasteiger partial charge on any atom is -0.497 e. The molecule has 2 aromatic heterocycles. The first-order valence-electron chi connectivity index (χ1n) is 10.3. The van der Waals surface area contributed by atoms with E-state index >= 15 is 0 Å². The van der Waals surface area contributed by atoms with E-state index in [-0.39, 0.29) is 24.4 Å². The van der Waals surface area contributed by atoms with Gasteiger partial charge in [0.2, 0.25) is 0 Å². The molecule has 32 heavy (non-hydrogen) atoms. The number of nitrogens with zero attached hydrogens (tertiary/aromatic N) is 3. The van der Waals surface area contributed by atoms with Gasteiger partial charge in [0, 0.05) is 6.20 Å². The number of benzene rings is 2. The maximum Gasteiger partial charge on any atom is 0.315 e. The molecule has 0 unspecified atom stereocenters. The molecule has 0 bridgehead atoms. The first-order valence-corrected chi connectivity index (χ1v) is 10.3. The average Bonchev–Trinajstić information content (AvgIpc) is 3.16. The van der Waals surface area contributed by atoms with Crippen molar-refractivity contribution in [2.75, 3.05) is 7.11 Å². The summed E-state index contributed by atoms with van der Waals surface area (Å²) in [6.07, 6.45) is 1.70. The van der Waals surface area contributed by atoms with Gasteiger partial charge in [0.25, 0.3) is 0 Å². The number of rotatable bonds is 7. The van der Waals surface area contributed by atoms with Gasteiger partial charge in [-0.2, -0.15) is 0 Å². The highest BCUT2D eigenvalue weighted by atomic mass is 19.1. The number of ether oxygens (including phenoxy) is 1. The number of carbonyl (C=O) groups is 1. The third kappa shape index (κ3) is 4.85. The van der Waals surface area contributed by atoms with E-state index in [0.29, 0.717) is 18.0 Å². The zero-order valence-corrected chi connectivity index (χ0v) is 17.9. The van der Waals surface area contributed by atoms with Crippen molar-refractivity contribution in [3.8, 4) is 5.75 Å². The summed E-state index contributed by atoms with van der Waals surface area (Å²) < 4.78 is 20.4. The maximum atomic E-state index is 13.3. The van der Waals surface area contributed by atoms with Crippen LogP contribution in [0, 0.1) is 5.82 Å². The number of hydrogen-bond donors (Lipinski definition) is 2. The molecule has 0 radical (unpaired) electrons. The van der Waals surface area contributed by atoms with Crippen LogP contribution in [0.15, 0.2) is 66.9 Å². The van der Waals surface area contributed by atoms with Crippen molar-refractivity contribution < 1.29 is 13.9 Å². The van der Waals surface area contributed by atoms with Crippen LogP contribution in [0.4, 0.5) is 9.18 Å². The second kappa shape index (κ2) is 9.47. The van der Waals surface area contributed by atoms with Gasteiger partial charge >= 0.3 is 6.03 Å². The van der Waals surface area contributed by atoms with Crippen LogP contribution in [-0.2, 0) is 13.1 Å². The van der Waals surface area contributed by atoms with Gasteiger partial charge in [0.05, 0.1) is 26.2 Å². The summed E-state index contributed by atoms with van der Waals surface area (Å²) in [6.45, 7) is 2.60. The van der Waals surface area contributed by atoms with Gasteiger partial charge in [-0.25, -0.2) is 19.2 Å². The van der Waals surface area contributed by atoms with E-state index in [1.807, 2.05) is 47.9 Å². The van der Waals surface area contributed by atoms with Crippen molar-refractivity contribution in [3.63, 3.8) is 0 Å². The second-order valence-electron chi connectivity index (χ2n) is 7.41. The average molecular weight is 433 g/mol. The van der Waals surface area contributed by atoms with E-state index in [1.165, 1.54) is 12.1 Å². The van der Waals surface area contributed by atoms with Crippen LogP contribution >= 0.6 is 0 Å². The highest BCUT2D eigenvalue weighted by Gasteiger charge is 2.14. The van der Waals surface area contributed by atoms with Crippen molar-refractivity contribution in [2.24, 2.45) is 0 Å². The zero-order chi connectivity index (χ0) is 22.5.